The summed E-state index contributed by atoms with van der Waals surface area (Å²) < 4.78 is 36.3. The number of carbonyl (C=O) groups is 1. The van der Waals surface area contributed by atoms with Gasteiger partial charge in [0.25, 0.3) is 5.91 Å². The zero-order chi connectivity index (χ0) is 31.8. The number of benzene rings is 2. The average Bonchev–Trinajstić information content (AvgIpc) is 3.27. The molecule has 0 bridgehead atoms. The number of nitrogens with one attached hydrogen (secondary N) is 1. The molecule has 0 radical (unpaired) electrons. The van der Waals surface area contributed by atoms with E-state index in [0.29, 0.717) is 50.2 Å². The number of nitrogens with two attached hydrogens (primary N) is 1. The van der Waals surface area contributed by atoms with E-state index in [0.717, 1.165) is 0 Å². The molecular weight excluding hydrogens is 566 g/mol. The maximum atomic E-state index is 15.6. The van der Waals surface area contributed by atoms with Gasteiger partial charge in [0.2, 0.25) is 0 Å². The Morgan fingerprint density at radius 2 is 1.84 bits per heavy atom. The van der Waals surface area contributed by atoms with Gasteiger partial charge in [-0.15, -0.1) is 0 Å². The monoisotopic (exact) mass is 594 g/mol. The molecule has 3 heterocycles. The summed E-state index contributed by atoms with van der Waals surface area (Å²) in [7, 11) is 1.81. The van der Waals surface area contributed by atoms with Crippen molar-refractivity contribution in [2.45, 2.75) is 26.4 Å². The molecule has 0 aliphatic rings. The number of pyridine rings is 1. The van der Waals surface area contributed by atoms with E-state index in [4.69, 9.17) is 10.5 Å². The summed E-state index contributed by atoms with van der Waals surface area (Å²) in [6.07, 6.45) is 3.04. The second-order valence-electron chi connectivity index (χ2n) is 10.5. The number of anilines is 2. The Bertz CT molecular complexity index is 2000. The molecule has 0 aliphatic carbocycles. The highest BCUT2D eigenvalue weighted by Gasteiger charge is 2.24. The standard InChI is InChI=1S/C33H28F2N6O3/c1-18-13-15-37-32(39-18)44-25-11-8-21(16-24(25)35)26-27-29(22(17-38-30(27)36)12-14-33(3,4)43)41(5)28(26)20-6-9-23(10-7-20)40-31(42)19(2)34/h6-11,13,15-17,43H,2H2,1,3-5H3,(H2,36,38)(H,40,42). The highest BCUT2D eigenvalue weighted by atomic mass is 19.1. The summed E-state index contributed by atoms with van der Waals surface area (Å²) in [6, 6.07) is 12.8. The highest BCUT2D eigenvalue weighted by Crippen LogP contribution is 2.44. The lowest BCUT2D eigenvalue weighted by atomic mass is 9.97. The summed E-state index contributed by atoms with van der Waals surface area (Å²) in [5.41, 5.74) is 9.63. The summed E-state index contributed by atoms with van der Waals surface area (Å²) in [6.45, 7) is 7.91. The van der Waals surface area contributed by atoms with Gasteiger partial charge in [-0.2, -0.15) is 0 Å². The Kier molecular flexibility index (Phi) is 7.87. The minimum atomic E-state index is -1.27. The van der Waals surface area contributed by atoms with E-state index in [9.17, 15) is 14.3 Å². The number of ether oxygens (including phenoxy) is 1. The van der Waals surface area contributed by atoms with Crippen LogP contribution >= 0.6 is 0 Å². The van der Waals surface area contributed by atoms with Gasteiger partial charge in [0.1, 0.15) is 11.4 Å². The van der Waals surface area contributed by atoms with E-state index in [1.165, 1.54) is 24.5 Å². The Hall–Kier alpha value is -5.60. The first-order chi connectivity index (χ1) is 20.8. The fraction of sp³-hybridized carbons (Fsp3) is 0.152. The van der Waals surface area contributed by atoms with E-state index < -0.39 is 23.2 Å². The second-order valence-corrected chi connectivity index (χ2v) is 10.5. The number of amides is 1. The van der Waals surface area contributed by atoms with Crippen LogP contribution in [0.3, 0.4) is 0 Å². The van der Waals surface area contributed by atoms with Crippen LogP contribution in [0.15, 0.2) is 73.3 Å². The summed E-state index contributed by atoms with van der Waals surface area (Å²) in [4.78, 5) is 24.3. The molecule has 1 amide bonds. The zero-order valence-corrected chi connectivity index (χ0v) is 24.4. The quantitative estimate of drug-likeness (QED) is 0.161. The largest absolute Gasteiger partial charge is 0.421 e. The lowest BCUT2D eigenvalue weighted by molar-refractivity contribution is -0.114. The van der Waals surface area contributed by atoms with Crippen LogP contribution < -0.4 is 15.8 Å². The number of aryl methyl sites for hydroxylation is 2. The number of nitrogens with zero attached hydrogens (tertiary/aromatic N) is 4. The van der Waals surface area contributed by atoms with Crippen molar-refractivity contribution in [2.24, 2.45) is 7.05 Å². The van der Waals surface area contributed by atoms with Gasteiger partial charge in [-0.1, -0.05) is 36.6 Å². The molecular formula is C33H28F2N6O3. The summed E-state index contributed by atoms with van der Waals surface area (Å²) in [5.74, 6) is 3.19. The number of aromatic nitrogens is 4. The Morgan fingerprint density at radius 1 is 1.14 bits per heavy atom. The zero-order valence-electron chi connectivity index (χ0n) is 24.4. The third-order valence-corrected chi connectivity index (χ3v) is 6.60. The molecule has 0 aliphatic heterocycles. The van der Waals surface area contributed by atoms with E-state index in [-0.39, 0.29) is 17.6 Å². The van der Waals surface area contributed by atoms with E-state index >= 15 is 4.39 Å². The van der Waals surface area contributed by atoms with Crippen molar-refractivity contribution in [1.82, 2.24) is 19.5 Å². The predicted octanol–water partition coefficient (Wildman–Crippen LogP) is 6.06. The highest BCUT2D eigenvalue weighted by molar-refractivity contribution is 6.11. The number of nitrogen functional groups attached to an aromatic ring is 1. The molecule has 0 atom stereocenters. The molecule has 5 aromatic rings. The van der Waals surface area contributed by atoms with Crippen molar-refractivity contribution >= 4 is 28.3 Å². The Morgan fingerprint density at radius 3 is 2.48 bits per heavy atom. The maximum absolute atomic E-state index is 15.6. The second kappa shape index (κ2) is 11.6. The van der Waals surface area contributed by atoms with Gasteiger partial charge in [-0.3, -0.25) is 4.79 Å². The maximum Gasteiger partial charge on any atom is 0.322 e. The Balaban J connectivity index is 1.71. The number of aliphatic hydroxyl groups is 1. The molecule has 222 valence electrons. The summed E-state index contributed by atoms with van der Waals surface area (Å²) >= 11 is 0. The van der Waals surface area contributed by atoms with Crippen molar-refractivity contribution in [3.05, 3.63) is 90.4 Å². The van der Waals surface area contributed by atoms with Crippen LogP contribution in [0.1, 0.15) is 25.1 Å². The number of hydrogen-bond donors (Lipinski definition) is 3. The third kappa shape index (κ3) is 6.11. The van der Waals surface area contributed by atoms with Crippen LogP contribution in [0.25, 0.3) is 33.3 Å². The predicted molar refractivity (Wildman–Crippen MR) is 165 cm³/mol. The minimum Gasteiger partial charge on any atom is -0.421 e. The molecule has 5 rings (SSSR count). The molecule has 11 heteroatoms. The van der Waals surface area contributed by atoms with Crippen LogP contribution in [-0.4, -0.2) is 36.1 Å². The number of fused-ring (bicyclic) bond motifs is 1. The van der Waals surface area contributed by atoms with Gasteiger partial charge in [0.15, 0.2) is 17.4 Å². The molecule has 3 aromatic heterocycles. The molecule has 2 aromatic carbocycles. The molecule has 0 saturated carbocycles. The van der Waals surface area contributed by atoms with Crippen molar-refractivity contribution in [1.29, 1.82) is 0 Å². The van der Waals surface area contributed by atoms with Gasteiger partial charge < -0.3 is 25.5 Å². The van der Waals surface area contributed by atoms with Gasteiger partial charge in [0, 0.05) is 36.4 Å². The van der Waals surface area contributed by atoms with Crippen molar-refractivity contribution in [3.63, 3.8) is 0 Å². The van der Waals surface area contributed by atoms with Crippen LogP contribution in [-0.2, 0) is 11.8 Å². The van der Waals surface area contributed by atoms with Crippen molar-refractivity contribution < 1.29 is 23.4 Å². The third-order valence-electron chi connectivity index (χ3n) is 6.60. The number of halogens is 2. The van der Waals surface area contributed by atoms with Crippen LogP contribution in [0.5, 0.6) is 11.8 Å². The first kappa shape index (κ1) is 29.9. The van der Waals surface area contributed by atoms with Crippen LogP contribution in [0.2, 0.25) is 0 Å². The number of hydrogen-bond acceptors (Lipinski definition) is 7. The first-order valence-electron chi connectivity index (χ1n) is 13.4. The van der Waals surface area contributed by atoms with Gasteiger partial charge in [0.05, 0.1) is 22.2 Å². The molecule has 0 unspecified atom stereocenters. The summed E-state index contributed by atoms with van der Waals surface area (Å²) in [5, 5.41) is 13.2. The van der Waals surface area contributed by atoms with Gasteiger partial charge in [-0.25, -0.2) is 23.7 Å². The lowest BCUT2D eigenvalue weighted by Gasteiger charge is -2.12. The number of rotatable bonds is 6. The van der Waals surface area contributed by atoms with Crippen molar-refractivity contribution in [3.8, 4) is 46.0 Å². The van der Waals surface area contributed by atoms with Gasteiger partial charge in [-0.05, 0) is 62.2 Å². The fourth-order valence-corrected chi connectivity index (χ4v) is 4.66. The SMILES string of the molecule is C=C(F)C(=O)Nc1ccc(-c2c(-c3ccc(Oc4nccc(C)n4)c(F)c3)c3c(N)ncc(C#CC(C)(C)O)c3n2C)cc1. The van der Waals surface area contributed by atoms with Gasteiger partial charge >= 0.3 is 6.01 Å². The molecule has 0 fully saturated rings. The molecule has 4 N–H and O–H groups in total. The normalized spacial score (nSPS) is 11.2. The van der Waals surface area contributed by atoms with E-state index in [1.54, 1.807) is 57.2 Å². The topological polar surface area (TPSA) is 128 Å². The Labute approximate surface area is 252 Å². The first-order valence-corrected chi connectivity index (χ1v) is 13.4. The van der Waals surface area contributed by atoms with Crippen molar-refractivity contribution in [2.75, 3.05) is 11.1 Å². The molecule has 9 nitrogen and oxygen atoms in total. The number of carbonyl (C=O) groups excluding carboxylic acids is 1. The van der Waals surface area contributed by atoms with Crippen LogP contribution in [0.4, 0.5) is 20.3 Å². The minimum absolute atomic E-state index is 0.00878. The van der Waals surface area contributed by atoms with E-state index in [2.05, 4.69) is 38.7 Å². The van der Waals surface area contributed by atoms with Crippen LogP contribution in [0, 0.1) is 24.6 Å². The van der Waals surface area contributed by atoms with E-state index in [1.807, 2.05) is 11.6 Å². The smallest absolute Gasteiger partial charge is 0.322 e. The molecule has 0 saturated heterocycles. The average molecular weight is 595 g/mol. The molecule has 0 spiro atoms. The fourth-order valence-electron chi connectivity index (χ4n) is 4.66. The molecule has 44 heavy (non-hydrogen) atoms. The lowest BCUT2D eigenvalue weighted by Crippen LogP contribution is -2.14.